The third kappa shape index (κ3) is 6.56. The molecule has 2 amide bonds. The van der Waals surface area contributed by atoms with Gasteiger partial charge in [0.15, 0.2) is 11.0 Å². The molecule has 2 N–H and O–H groups in total. The van der Waals surface area contributed by atoms with Crippen molar-refractivity contribution in [1.82, 2.24) is 20.1 Å². The number of carbonyl (C=O) groups is 2. The predicted octanol–water partition coefficient (Wildman–Crippen LogP) is 5.13. The molecule has 0 aliphatic carbocycles. The Morgan fingerprint density at radius 3 is 2.58 bits per heavy atom. The third-order valence-electron chi connectivity index (χ3n) is 4.39. The van der Waals surface area contributed by atoms with Crippen molar-refractivity contribution in [3.63, 3.8) is 0 Å². The van der Waals surface area contributed by atoms with E-state index in [-0.39, 0.29) is 17.2 Å². The third-order valence-corrected chi connectivity index (χ3v) is 5.79. The summed E-state index contributed by atoms with van der Waals surface area (Å²) in [6, 6.07) is 9.90. The van der Waals surface area contributed by atoms with Gasteiger partial charge in [-0.05, 0) is 37.3 Å². The van der Waals surface area contributed by atoms with Gasteiger partial charge in [0, 0.05) is 22.3 Å². The second-order valence-electron chi connectivity index (χ2n) is 6.91. The SMILES string of the molecule is C=CCn1c(SCC(=O)Nc2cc(Cl)cc(Cl)c2)nnc1C(C)NC(=O)c1ccccc1F. The molecule has 1 atom stereocenters. The maximum Gasteiger partial charge on any atom is 0.254 e. The lowest BCUT2D eigenvalue weighted by Gasteiger charge is -2.15. The van der Waals surface area contributed by atoms with Crippen molar-refractivity contribution in [2.24, 2.45) is 0 Å². The lowest BCUT2D eigenvalue weighted by atomic mass is 10.2. The van der Waals surface area contributed by atoms with Crippen molar-refractivity contribution < 1.29 is 14.0 Å². The van der Waals surface area contributed by atoms with E-state index in [1.54, 1.807) is 41.8 Å². The molecule has 172 valence electrons. The predicted molar refractivity (Wildman–Crippen MR) is 128 cm³/mol. The summed E-state index contributed by atoms with van der Waals surface area (Å²) >= 11 is 13.1. The van der Waals surface area contributed by atoms with Crippen LogP contribution < -0.4 is 10.6 Å². The molecule has 2 aromatic carbocycles. The molecule has 1 aromatic heterocycles. The van der Waals surface area contributed by atoms with Crippen LogP contribution in [0.1, 0.15) is 29.1 Å². The first kappa shape index (κ1) is 24.8. The highest BCUT2D eigenvalue weighted by molar-refractivity contribution is 7.99. The standard InChI is InChI=1S/C22H20Cl2FN5O2S/c1-3-8-30-20(13(2)26-21(32)17-6-4-5-7-18(17)25)28-29-22(30)33-12-19(31)27-16-10-14(23)9-15(24)11-16/h3-7,9-11,13H,1,8,12H2,2H3,(H,26,32)(H,27,31). The van der Waals surface area contributed by atoms with E-state index in [9.17, 15) is 14.0 Å². The van der Waals surface area contributed by atoms with E-state index in [1.165, 1.54) is 30.0 Å². The summed E-state index contributed by atoms with van der Waals surface area (Å²) in [7, 11) is 0. The van der Waals surface area contributed by atoms with Gasteiger partial charge in [0.2, 0.25) is 5.91 Å². The van der Waals surface area contributed by atoms with Gasteiger partial charge in [-0.2, -0.15) is 0 Å². The molecule has 0 aliphatic rings. The first-order valence-corrected chi connectivity index (χ1v) is 11.5. The summed E-state index contributed by atoms with van der Waals surface area (Å²) in [5.74, 6) is -0.964. The zero-order chi connectivity index (χ0) is 24.0. The Morgan fingerprint density at radius 1 is 1.21 bits per heavy atom. The minimum absolute atomic E-state index is 0.0510. The number of carbonyl (C=O) groups excluding carboxylic acids is 2. The van der Waals surface area contributed by atoms with Crippen molar-refractivity contribution in [2.45, 2.75) is 24.7 Å². The van der Waals surface area contributed by atoms with E-state index in [4.69, 9.17) is 23.2 Å². The van der Waals surface area contributed by atoms with Gasteiger partial charge in [0.1, 0.15) is 5.82 Å². The van der Waals surface area contributed by atoms with E-state index in [1.807, 2.05) is 0 Å². The van der Waals surface area contributed by atoms with Crippen molar-refractivity contribution in [2.75, 3.05) is 11.1 Å². The minimum atomic E-state index is -0.613. The molecule has 1 heterocycles. The summed E-state index contributed by atoms with van der Waals surface area (Å²) in [5.41, 5.74) is 0.419. The Kier molecular flexibility index (Phi) is 8.49. The summed E-state index contributed by atoms with van der Waals surface area (Å²) < 4.78 is 15.6. The molecule has 1 unspecified atom stereocenters. The fourth-order valence-electron chi connectivity index (χ4n) is 2.97. The molecule has 3 rings (SSSR count). The fourth-order valence-corrected chi connectivity index (χ4v) is 4.25. The number of halogens is 3. The van der Waals surface area contributed by atoms with Gasteiger partial charge in [-0.25, -0.2) is 4.39 Å². The largest absolute Gasteiger partial charge is 0.342 e. The van der Waals surface area contributed by atoms with Crippen LogP contribution in [-0.2, 0) is 11.3 Å². The first-order valence-electron chi connectivity index (χ1n) is 9.76. The number of thioether (sulfide) groups is 1. The average molecular weight is 508 g/mol. The summed E-state index contributed by atoms with van der Waals surface area (Å²) in [5, 5.41) is 15.0. The minimum Gasteiger partial charge on any atom is -0.342 e. The second kappa shape index (κ2) is 11.3. The molecule has 3 aromatic rings. The molecule has 7 nitrogen and oxygen atoms in total. The van der Waals surface area contributed by atoms with Crippen LogP contribution in [0, 0.1) is 5.82 Å². The van der Waals surface area contributed by atoms with E-state index >= 15 is 0 Å². The maximum atomic E-state index is 13.9. The van der Waals surface area contributed by atoms with Gasteiger partial charge in [0.25, 0.3) is 5.91 Å². The Balaban J connectivity index is 1.68. The highest BCUT2D eigenvalue weighted by atomic mass is 35.5. The number of anilines is 1. The highest BCUT2D eigenvalue weighted by Gasteiger charge is 2.21. The van der Waals surface area contributed by atoms with Crippen LogP contribution in [0.2, 0.25) is 10.0 Å². The van der Waals surface area contributed by atoms with E-state index < -0.39 is 17.8 Å². The molecule has 11 heteroatoms. The zero-order valence-corrected chi connectivity index (χ0v) is 19.8. The lowest BCUT2D eigenvalue weighted by molar-refractivity contribution is -0.113. The Bertz CT molecular complexity index is 1170. The Morgan fingerprint density at radius 2 is 1.91 bits per heavy atom. The van der Waals surface area contributed by atoms with Gasteiger partial charge >= 0.3 is 0 Å². The van der Waals surface area contributed by atoms with E-state index in [0.717, 1.165) is 0 Å². The van der Waals surface area contributed by atoms with Gasteiger partial charge < -0.3 is 15.2 Å². The van der Waals surface area contributed by atoms with Crippen LogP contribution in [0.3, 0.4) is 0 Å². The number of aromatic nitrogens is 3. The number of allylic oxidation sites excluding steroid dienone is 1. The number of benzene rings is 2. The first-order chi connectivity index (χ1) is 15.8. The summed E-state index contributed by atoms with van der Waals surface area (Å²) in [4.78, 5) is 24.8. The van der Waals surface area contributed by atoms with E-state index in [2.05, 4.69) is 27.4 Å². The van der Waals surface area contributed by atoms with E-state index in [0.29, 0.717) is 33.3 Å². The number of rotatable bonds is 9. The molecule has 0 fully saturated rings. The number of amides is 2. The molecule has 0 radical (unpaired) electrons. The van der Waals surface area contributed by atoms with Crippen LogP contribution in [0.25, 0.3) is 0 Å². The molecule has 0 saturated carbocycles. The van der Waals surface area contributed by atoms with Crippen LogP contribution in [0.5, 0.6) is 0 Å². The second-order valence-corrected chi connectivity index (χ2v) is 8.73. The lowest BCUT2D eigenvalue weighted by Crippen LogP contribution is -2.29. The summed E-state index contributed by atoms with van der Waals surface area (Å²) in [6.07, 6.45) is 1.65. The Labute approximate surface area is 204 Å². The molecule has 0 spiro atoms. The zero-order valence-electron chi connectivity index (χ0n) is 17.5. The monoisotopic (exact) mass is 507 g/mol. The van der Waals surface area contributed by atoms with Crippen LogP contribution >= 0.6 is 35.0 Å². The van der Waals surface area contributed by atoms with Gasteiger partial charge in [-0.3, -0.25) is 9.59 Å². The smallest absolute Gasteiger partial charge is 0.254 e. The van der Waals surface area contributed by atoms with Crippen molar-refractivity contribution >= 4 is 52.5 Å². The van der Waals surface area contributed by atoms with Gasteiger partial charge in [-0.1, -0.05) is 53.2 Å². The van der Waals surface area contributed by atoms with Gasteiger partial charge in [-0.15, -0.1) is 16.8 Å². The quantitative estimate of drug-likeness (QED) is 0.309. The van der Waals surface area contributed by atoms with Crippen molar-refractivity contribution in [1.29, 1.82) is 0 Å². The number of hydrogen-bond acceptors (Lipinski definition) is 5. The summed E-state index contributed by atoms with van der Waals surface area (Å²) in [6.45, 7) is 5.81. The van der Waals surface area contributed by atoms with Gasteiger partial charge in [0.05, 0.1) is 17.4 Å². The fraction of sp³-hybridized carbons (Fsp3) is 0.182. The number of nitrogens with one attached hydrogen (secondary N) is 2. The molecule has 33 heavy (non-hydrogen) atoms. The number of nitrogens with zero attached hydrogens (tertiary/aromatic N) is 3. The molecular weight excluding hydrogens is 488 g/mol. The Hall–Kier alpha value is -2.88. The highest BCUT2D eigenvalue weighted by Crippen LogP contribution is 2.24. The van der Waals surface area contributed by atoms with Crippen LogP contribution in [0.15, 0.2) is 60.3 Å². The normalized spacial score (nSPS) is 11.6. The number of hydrogen-bond donors (Lipinski definition) is 2. The molecular formula is C22H20Cl2FN5O2S. The van der Waals surface area contributed by atoms with Crippen molar-refractivity contribution in [3.05, 3.63) is 82.4 Å². The topological polar surface area (TPSA) is 88.9 Å². The maximum absolute atomic E-state index is 13.9. The average Bonchev–Trinajstić information content (AvgIpc) is 3.14. The molecule has 0 bridgehead atoms. The molecule has 0 saturated heterocycles. The van der Waals surface area contributed by atoms with Crippen LogP contribution in [-0.4, -0.2) is 32.3 Å². The van der Waals surface area contributed by atoms with Crippen molar-refractivity contribution in [3.8, 4) is 0 Å². The molecule has 0 aliphatic heterocycles. The van der Waals surface area contributed by atoms with Crippen LogP contribution in [0.4, 0.5) is 10.1 Å².